The highest BCUT2D eigenvalue weighted by Crippen LogP contribution is 2.56. The van der Waals surface area contributed by atoms with Crippen molar-refractivity contribution in [2.45, 2.75) is 70.4 Å². The van der Waals surface area contributed by atoms with Crippen molar-refractivity contribution < 1.29 is 4.74 Å². The van der Waals surface area contributed by atoms with E-state index >= 15 is 0 Å². The topological polar surface area (TPSA) is 12.5 Å². The zero-order chi connectivity index (χ0) is 12.6. The van der Waals surface area contributed by atoms with Crippen LogP contribution >= 0.6 is 0 Å². The van der Waals surface area contributed by atoms with E-state index in [1.54, 1.807) is 0 Å². The predicted molar refractivity (Wildman–Crippen MR) is 80.4 cm³/mol. The second-order valence-electron chi connectivity index (χ2n) is 6.81. The van der Waals surface area contributed by atoms with Gasteiger partial charge in [0, 0.05) is 33.0 Å². The van der Waals surface area contributed by atoms with Crippen LogP contribution in [-0.2, 0) is 4.74 Å². The first kappa shape index (κ1) is 15.4. The lowest BCUT2D eigenvalue weighted by Gasteiger charge is -2.32. The van der Waals surface area contributed by atoms with Gasteiger partial charge in [0.1, 0.15) is 0 Å². The van der Waals surface area contributed by atoms with Gasteiger partial charge in [-0.25, -0.2) is 0 Å². The van der Waals surface area contributed by atoms with Crippen LogP contribution in [0, 0.1) is 11.8 Å². The lowest BCUT2D eigenvalue weighted by molar-refractivity contribution is 0.0262. The Labute approximate surface area is 120 Å². The van der Waals surface area contributed by atoms with Crippen LogP contribution in [0.1, 0.15) is 58.8 Å². The molecule has 1 saturated carbocycles. The third kappa shape index (κ3) is 2.49. The van der Waals surface area contributed by atoms with Crippen molar-refractivity contribution in [1.29, 1.82) is 0 Å². The van der Waals surface area contributed by atoms with E-state index < -0.39 is 0 Å². The van der Waals surface area contributed by atoms with Crippen LogP contribution in [0.5, 0.6) is 0 Å². The lowest BCUT2D eigenvalue weighted by Crippen LogP contribution is -2.41. The average molecular weight is 262 g/mol. The second-order valence-corrected chi connectivity index (χ2v) is 6.81. The Bertz CT molecular complexity index is 298. The minimum Gasteiger partial charge on any atom is -0.377 e. The van der Waals surface area contributed by atoms with E-state index in [4.69, 9.17) is 4.74 Å². The first-order valence-corrected chi connectivity index (χ1v) is 8.13. The van der Waals surface area contributed by atoms with Crippen LogP contribution in [-0.4, -0.2) is 44.7 Å². The quantitative estimate of drug-likeness (QED) is 0.539. The minimum atomic E-state index is 0. The van der Waals surface area contributed by atoms with Crippen LogP contribution < -0.4 is 0 Å². The highest BCUT2D eigenvalue weighted by atomic mass is 16.5. The Morgan fingerprint density at radius 3 is 2.79 bits per heavy atom. The van der Waals surface area contributed by atoms with Gasteiger partial charge in [0.25, 0.3) is 0 Å². The van der Waals surface area contributed by atoms with Crippen LogP contribution in [0.4, 0.5) is 0 Å². The molecule has 0 aromatic carbocycles. The van der Waals surface area contributed by atoms with E-state index in [1.165, 1.54) is 58.0 Å². The molecule has 3 fully saturated rings. The Hall–Kier alpha value is -0.0151. The molecule has 3 rings (SSSR count). The molecule has 3 heteroatoms. The van der Waals surface area contributed by atoms with Crippen molar-refractivity contribution in [3.05, 3.63) is 0 Å². The zero-order valence-corrected chi connectivity index (χ0v) is 12.7. The van der Waals surface area contributed by atoms with Gasteiger partial charge in [0.15, 0.2) is 0 Å². The molecule has 3 radical (unpaired) electrons. The van der Waals surface area contributed by atoms with Crippen molar-refractivity contribution in [1.82, 2.24) is 4.90 Å². The SMILES string of the molecule is CCCCCCO[C@@H]1CN2CC[C@@H]3CC[C@H]1[C@@]32C.[B]. The van der Waals surface area contributed by atoms with Crippen molar-refractivity contribution in [2.75, 3.05) is 19.7 Å². The highest BCUT2D eigenvalue weighted by Gasteiger charge is 2.60. The average Bonchev–Trinajstić information content (AvgIpc) is 2.94. The molecule has 3 aliphatic rings. The maximum atomic E-state index is 6.24. The smallest absolute Gasteiger partial charge is 0.0747 e. The maximum absolute atomic E-state index is 6.24. The predicted octanol–water partition coefficient (Wildman–Crippen LogP) is 3.08. The van der Waals surface area contributed by atoms with Gasteiger partial charge in [-0.2, -0.15) is 0 Å². The van der Waals surface area contributed by atoms with Gasteiger partial charge in [-0.15, -0.1) is 0 Å². The molecule has 2 heterocycles. The monoisotopic (exact) mass is 262 g/mol. The largest absolute Gasteiger partial charge is 0.377 e. The molecule has 2 saturated heterocycles. The minimum absolute atomic E-state index is 0. The lowest BCUT2D eigenvalue weighted by atomic mass is 9.84. The Morgan fingerprint density at radius 2 is 2.00 bits per heavy atom. The summed E-state index contributed by atoms with van der Waals surface area (Å²) in [6.07, 6.45) is 10.1. The van der Waals surface area contributed by atoms with Gasteiger partial charge in [-0.1, -0.05) is 26.2 Å². The van der Waals surface area contributed by atoms with Gasteiger partial charge in [0.05, 0.1) is 6.10 Å². The number of nitrogens with zero attached hydrogens (tertiary/aromatic N) is 1. The van der Waals surface area contributed by atoms with Gasteiger partial charge in [-0.05, 0) is 45.1 Å². The highest BCUT2D eigenvalue weighted by molar-refractivity contribution is 5.75. The standard InChI is InChI=1S/C16H29NO.B/c1-3-4-5-6-11-18-15-12-17-10-9-13-7-8-14(15)16(13,17)2;/h13-15H,3-12H2,1-2H3;/t13-,14+,15+,16+;/m0./s1. The molecule has 0 aromatic rings. The van der Waals surface area contributed by atoms with E-state index in [1.807, 2.05) is 0 Å². The van der Waals surface area contributed by atoms with Crippen molar-refractivity contribution in [2.24, 2.45) is 11.8 Å². The summed E-state index contributed by atoms with van der Waals surface area (Å²) in [6.45, 7) is 8.32. The molecule has 1 aliphatic carbocycles. The fourth-order valence-corrected chi connectivity index (χ4v) is 4.88. The Balaban J connectivity index is 0.00000133. The van der Waals surface area contributed by atoms with Gasteiger partial charge in [-0.3, -0.25) is 4.90 Å². The molecule has 0 unspecified atom stereocenters. The van der Waals surface area contributed by atoms with E-state index in [9.17, 15) is 0 Å². The molecule has 2 aliphatic heterocycles. The Morgan fingerprint density at radius 1 is 1.16 bits per heavy atom. The van der Waals surface area contributed by atoms with Crippen LogP contribution in [0.15, 0.2) is 0 Å². The molecule has 0 aromatic heterocycles. The van der Waals surface area contributed by atoms with Crippen molar-refractivity contribution in [3.8, 4) is 0 Å². The summed E-state index contributed by atoms with van der Waals surface area (Å²) in [5.74, 6) is 1.80. The van der Waals surface area contributed by atoms with Crippen molar-refractivity contribution in [3.63, 3.8) is 0 Å². The number of hydrogen-bond acceptors (Lipinski definition) is 2. The first-order valence-electron chi connectivity index (χ1n) is 8.13. The summed E-state index contributed by atoms with van der Waals surface area (Å²) in [5, 5.41) is 0. The van der Waals surface area contributed by atoms with Gasteiger partial charge in [0.2, 0.25) is 0 Å². The summed E-state index contributed by atoms with van der Waals surface area (Å²) in [6, 6.07) is 0. The third-order valence-electron chi connectivity index (χ3n) is 6.01. The molecule has 0 bridgehead atoms. The molecule has 2 nitrogen and oxygen atoms in total. The van der Waals surface area contributed by atoms with E-state index in [0.29, 0.717) is 11.6 Å². The number of rotatable bonds is 6. The molecule has 4 atom stereocenters. The van der Waals surface area contributed by atoms with Gasteiger partial charge >= 0.3 is 0 Å². The summed E-state index contributed by atoms with van der Waals surface area (Å²) >= 11 is 0. The molecular weight excluding hydrogens is 233 g/mol. The third-order valence-corrected chi connectivity index (χ3v) is 6.01. The molecule has 0 spiro atoms. The van der Waals surface area contributed by atoms with E-state index in [2.05, 4.69) is 18.7 Å². The van der Waals surface area contributed by atoms with E-state index in [-0.39, 0.29) is 8.41 Å². The van der Waals surface area contributed by atoms with Crippen LogP contribution in [0.25, 0.3) is 0 Å². The number of unbranched alkanes of at least 4 members (excludes halogenated alkanes) is 3. The summed E-state index contributed by atoms with van der Waals surface area (Å²) < 4.78 is 6.24. The maximum Gasteiger partial charge on any atom is 0.0747 e. The zero-order valence-electron chi connectivity index (χ0n) is 12.7. The fourth-order valence-electron chi connectivity index (χ4n) is 4.88. The fraction of sp³-hybridized carbons (Fsp3) is 1.00. The number of ether oxygens (including phenoxy) is 1. The van der Waals surface area contributed by atoms with Crippen molar-refractivity contribution >= 4 is 8.41 Å². The summed E-state index contributed by atoms with van der Waals surface area (Å²) in [4.78, 5) is 2.74. The van der Waals surface area contributed by atoms with Crippen LogP contribution in [0.2, 0.25) is 0 Å². The molecule has 0 N–H and O–H groups in total. The molecular formula is C16H29BNO. The summed E-state index contributed by atoms with van der Waals surface area (Å²) in [5.41, 5.74) is 0.508. The van der Waals surface area contributed by atoms with Crippen LogP contribution in [0.3, 0.4) is 0 Å². The normalized spacial score (nSPS) is 40.4. The van der Waals surface area contributed by atoms with Gasteiger partial charge < -0.3 is 4.74 Å². The van der Waals surface area contributed by atoms with E-state index in [0.717, 1.165) is 18.4 Å². The second kappa shape index (κ2) is 6.18. The molecule has 107 valence electrons. The first-order chi connectivity index (χ1) is 8.76. The number of hydrogen-bond donors (Lipinski definition) is 0. The molecule has 0 amide bonds. The molecule has 19 heavy (non-hydrogen) atoms. The Kier molecular flexibility index (Phi) is 5.00. The summed E-state index contributed by atoms with van der Waals surface area (Å²) in [7, 11) is 0.